The minimum atomic E-state index is 0.909. The van der Waals surface area contributed by atoms with Gasteiger partial charge in [-0.15, -0.1) is 0 Å². The molecular weight excluding hydrogens is 114 g/mol. The fourth-order valence-corrected chi connectivity index (χ4v) is 0.239. The van der Waals surface area contributed by atoms with Crippen LogP contribution in [0.4, 0.5) is 0 Å². The van der Waals surface area contributed by atoms with E-state index in [0.717, 1.165) is 5.57 Å². The van der Waals surface area contributed by atoms with Crippen molar-refractivity contribution in [2.45, 2.75) is 6.92 Å². The van der Waals surface area contributed by atoms with Gasteiger partial charge in [0, 0.05) is 13.3 Å². The first-order valence-electron chi connectivity index (χ1n) is 2.62. The Morgan fingerprint density at radius 2 is 2.33 bits per heavy atom. The highest BCUT2D eigenvalue weighted by Crippen LogP contribution is 1.75. The van der Waals surface area contributed by atoms with Gasteiger partial charge in [0.1, 0.15) is 6.34 Å². The van der Waals surface area contributed by atoms with E-state index in [2.05, 4.69) is 22.1 Å². The Kier molecular flexibility index (Phi) is 4.40. The lowest BCUT2D eigenvalue weighted by atomic mass is 10.4. The molecule has 0 aromatic carbocycles. The molecule has 0 heterocycles. The van der Waals surface area contributed by atoms with Crippen molar-refractivity contribution in [3.8, 4) is 0 Å². The van der Waals surface area contributed by atoms with Crippen LogP contribution in [-0.2, 0) is 0 Å². The Hall–Kier alpha value is -1.12. The van der Waals surface area contributed by atoms with Gasteiger partial charge in [-0.3, -0.25) is 10.4 Å². The molecule has 0 bridgehead atoms. The summed E-state index contributed by atoms with van der Waals surface area (Å²) in [5.74, 6) is 0. The van der Waals surface area contributed by atoms with E-state index >= 15 is 0 Å². The van der Waals surface area contributed by atoms with E-state index in [0.29, 0.717) is 0 Å². The van der Waals surface area contributed by atoms with Gasteiger partial charge in [0.05, 0.1) is 0 Å². The minimum absolute atomic E-state index is 0.909. The molecule has 0 aromatic rings. The molecule has 0 aromatic heterocycles. The predicted molar refractivity (Wildman–Crippen MR) is 40.9 cm³/mol. The Labute approximate surface area is 55.2 Å². The smallest absolute Gasteiger partial charge is 0.103 e. The molecule has 0 aliphatic carbocycles. The van der Waals surface area contributed by atoms with Crippen molar-refractivity contribution in [1.82, 2.24) is 5.43 Å². The maximum absolute atomic E-state index is 3.74. The summed E-state index contributed by atoms with van der Waals surface area (Å²) in [5.41, 5.74) is 3.49. The van der Waals surface area contributed by atoms with E-state index in [1.807, 2.05) is 6.92 Å². The first-order valence-corrected chi connectivity index (χ1v) is 2.62. The summed E-state index contributed by atoms with van der Waals surface area (Å²) in [6, 6.07) is 0. The van der Waals surface area contributed by atoms with E-state index in [9.17, 15) is 0 Å². The van der Waals surface area contributed by atoms with Crippen molar-refractivity contribution >= 4 is 12.6 Å². The molecule has 0 aliphatic heterocycles. The summed E-state index contributed by atoms with van der Waals surface area (Å²) in [5, 5.41) is 3.74. The monoisotopic (exact) mass is 125 g/mol. The minimum Gasteiger partial charge on any atom is -0.277 e. The van der Waals surface area contributed by atoms with Gasteiger partial charge in [0.15, 0.2) is 0 Å². The van der Waals surface area contributed by atoms with Gasteiger partial charge >= 0.3 is 0 Å². The number of hydrogen-bond acceptors (Lipinski definition) is 2. The maximum Gasteiger partial charge on any atom is 0.103 e. The molecule has 3 heteroatoms. The van der Waals surface area contributed by atoms with Crippen molar-refractivity contribution < 1.29 is 0 Å². The third-order valence-corrected chi connectivity index (χ3v) is 0.546. The quantitative estimate of drug-likeness (QED) is 0.338. The van der Waals surface area contributed by atoms with Crippen molar-refractivity contribution in [3.63, 3.8) is 0 Å². The Morgan fingerprint density at radius 1 is 1.67 bits per heavy atom. The lowest BCUT2D eigenvalue weighted by molar-refractivity contribution is 1.05. The van der Waals surface area contributed by atoms with Crippen LogP contribution in [0.3, 0.4) is 0 Å². The SMILES string of the molecule is C=C(C)/C=N\NC=NC. The number of nitrogens with one attached hydrogen (secondary N) is 1. The van der Waals surface area contributed by atoms with Crippen LogP contribution in [0, 0.1) is 0 Å². The van der Waals surface area contributed by atoms with Crippen LogP contribution in [0.15, 0.2) is 22.2 Å². The highest BCUT2D eigenvalue weighted by Gasteiger charge is 1.70. The van der Waals surface area contributed by atoms with E-state index in [4.69, 9.17) is 0 Å². The van der Waals surface area contributed by atoms with Gasteiger partial charge in [0.2, 0.25) is 0 Å². The maximum atomic E-state index is 3.74. The van der Waals surface area contributed by atoms with Gasteiger partial charge in [-0.25, -0.2) is 0 Å². The number of hydrogen-bond donors (Lipinski definition) is 1. The molecule has 0 unspecified atom stereocenters. The third kappa shape index (κ3) is 6.88. The third-order valence-electron chi connectivity index (χ3n) is 0.546. The second-order valence-corrected chi connectivity index (χ2v) is 1.62. The van der Waals surface area contributed by atoms with Gasteiger partial charge in [-0.2, -0.15) is 5.10 Å². The van der Waals surface area contributed by atoms with Gasteiger partial charge < -0.3 is 0 Å². The molecule has 0 atom stereocenters. The normalized spacial score (nSPS) is 10.9. The number of allylic oxidation sites excluding steroid dienone is 1. The van der Waals surface area contributed by atoms with Gasteiger partial charge in [-0.1, -0.05) is 6.58 Å². The number of nitrogens with zero attached hydrogens (tertiary/aromatic N) is 2. The topological polar surface area (TPSA) is 36.8 Å². The van der Waals surface area contributed by atoms with Crippen LogP contribution in [0.1, 0.15) is 6.92 Å². The van der Waals surface area contributed by atoms with Crippen LogP contribution >= 0.6 is 0 Å². The first kappa shape index (κ1) is 7.88. The molecule has 1 N–H and O–H groups in total. The zero-order chi connectivity index (χ0) is 7.11. The van der Waals surface area contributed by atoms with E-state index in [1.165, 1.54) is 6.34 Å². The summed E-state index contributed by atoms with van der Waals surface area (Å²) in [4.78, 5) is 3.65. The van der Waals surface area contributed by atoms with E-state index < -0.39 is 0 Å². The fourth-order valence-electron chi connectivity index (χ4n) is 0.239. The molecule has 0 radical (unpaired) electrons. The van der Waals surface area contributed by atoms with Crippen molar-refractivity contribution in [2.24, 2.45) is 10.1 Å². The molecule has 0 saturated heterocycles. The summed E-state index contributed by atoms with van der Waals surface area (Å²) in [6.45, 7) is 5.49. The number of rotatable bonds is 3. The molecule has 0 saturated carbocycles. The second kappa shape index (κ2) is 5.03. The Bertz CT molecular complexity index is 135. The van der Waals surface area contributed by atoms with Crippen molar-refractivity contribution in [1.29, 1.82) is 0 Å². The van der Waals surface area contributed by atoms with Gasteiger partial charge in [0.25, 0.3) is 0 Å². The molecule has 50 valence electrons. The second-order valence-electron chi connectivity index (χ2n) is 1.62. The van der Waals surface area contributed by atoms with Crippen LogP contribution in [0.25, 0.3) is 0 Å². The van der Waals surface area contributed by atoms with Crippen LogP contribution in [0.5, 0.6) is 0 Å². The summed E-state index contributed by atoms with van der Waals surface area (Å²) >= 11 is 0. The van der Waals surface area contributed by atoms with Crippen LogP contribution in [-0.4, -0.2) is 19.6 Å². The van der Waals surface area contributed by atoms with Crippen molar-refractivity contribution in [3.05, 3.63) is 12.2 Å². The zero-order valence-corrected chi connectivity index (χ0v) is 5.76. The predicted octanol–water partition coefficient (Wildman–Crippen LogP) is 0.796. The molecular formula is C6H11N3. The van der Waals surface area contributed by atoms with Crippen LogP contribution in [0.2, 0.25) is 0 Å². The first-order chi connectivity index (χ1) is 4.27. The largest absolute Gasteiger partial charge is 0.277 e. The Morgan fingerprint density at radius 3 is 2.78 bits per heavy atom. The van der Waals surface area contributed by atoms with Crippen molar-refractivity contribution in [2.75, 3.05) is 7.05 Å². The number of hydrazone groups is 1. The highest BCUT2D eigenvalue weighted by molar-refractivity contribution is 5.77. The average Bonchev–Trinajstić information content (AvgIpc) is 1.80. The zero-order valence-electron chi connectivity index (χ0n) is 5.76. The molecule has 0 amide bonds. The Balaban J connectivity index is 3.36. The van der Waals surface area contributed by atoms with E-state index in [-0.39, 0.29) is 0 Å². The van der Waals surface area contributed by atoms with Crippen LogP contribution < -0.4 is 5.43 Å². The molecule has 0 spiro atoms. The fraction of sp³-hybridized carbons (Fsp3) is 0.333. The molecule has 0 aliphatic rings. The lowest BCUT2D eigenvalue weighted by Crippen LogP contribution is -2.00. The highest BCUT2D eigenvalue weighted by atomic mass is 15.3. The summed E-state index contributed by atoms with van der Waals surface area (Å²) in [7, 11) is 1.67. The molecule has 0 rings (SSSR count). The molecule has 0 fully saturated rings. The number of aliphatic imine (C=N–C) groups is 1. The average molecular weight is 125 g/mol. The van der Waals surface area contributed by atoms with E-state index in [1.54, 1.807) is 13.3 Å². The molecule has 3 nitrogen and oxygen atoms in total. The standard InChI is InChI=1S/C6H11N3/c1-6(2)4-8-9-5-7-3/h4-5H,1H2,2-3H3,(H,7,9)/b8-4-. The summed E-state index contributed by atoms with van der Waals surface area (Å²) < 4.78 is 0. The lowest BCUT2D eigenvalue weighted by Gasteiger charge is -1.85. The summed E-state index contributed by atoms with van der Waals surface area (Å²) in [6.07, 6.45) is 3.13. The van der Waals surface area contributed by atoms with Gasteiger partial charge in [-0.05, 0) is 12.5 Å². The molecule has 9 heavy (non-hydrogen) atoms.